The van der Waals surface area contributed by atoms with Gasteiger partial charge in [-0.1, -0.05) is 25.4 Å². The van der Waals surface area contributed by atoms with Gasteiger partial charge in [-0.05, 0) is 24.7 Å². The van der Waals surface area contributed by atoms with Gasteiger partial charge >= 0.3 is 0 Å². The number of aromatic nitrogens is 2. The molecule has 0 aromatic carbocycles. The Balaban J connectivity index is 2.21. The number of hydrogen-bond acceptors (Lipinski definition) is 4. The van der Waals surface area contributed by atoms with Gasteiger partial charge in [0.25, 0.3) is 0 Å². The Morgan fingerprint density at radius 3 is 2.61 bits per heavy atom. The molecule has 1 aliphatic heterocycles. The van der Waals surface area contributed by atoms with Crippen LogP contribution in [-0.4, -0.2) is 34.8 Å². The number of anilines is 1. The van der Waals surface area contributed by atoms with Gasteiger partial charge in [-0.3, -0.25) is 0 Å². The third-order valence-electron chi connectivity index (χ3n) is 3.56. The summed E-state index contributed by atoms with van der Waals surface area (Å²) in [5, 5.41) is 9.72. The normalized spacial score (nSPS) is 17.5. The van der Waals surface area contributed by atoms with Gasteiger partial charge in [0.2, 0.25) is 0 Å². The maximum atomic E-state index is 9.17. The lowest BCUT2D eigenvalue weighted by molar-refractivity contribution is 0.202. The standard InChI is InChI=1S/C13H20ClN3O/c1-9(2)11-12(14)15-8-16-13(11)17-5-3-10(7-18)4-6-17/h8-10,18H,3-7H2,1-2H3. The molecule has 100 valence electrons. The summed E-state index contributed by atoms with van der Waals surface area (Å²) in [5.41, 5.74) is 1.03. The molecule has 1 saturated heterocycles. The minimum absolute atomic E-state index is 0.287. The Morgan fingerprint density at radius 2 is 2.06 bits per heavy atom. The number of nitrogens with zero attached hydrogens (tertiary/aromatic N) is 3. The molecule has 4 nitrogen and oxygen atoms in total. The molecular weight excluding hydrogens is 250 g/mol. The lowest BCUT2D eigenvalue weighted by atomic mass is 9.97. The number of halogens is 1. The number of piperidine rings is 1. The zero-order valence-electron chi connectivity index (χ0n) is 10.9. The van der Waals surface area contributed by atoms with Crippen LogP contribution in [0.1, 0.15) is 38.2 Å². The molecule has 5 heteroatoms. The first-order chi connectivity index (χ1) is 8.63. The molecule has 1 aromatic heterocycles. The van der Waals surface area contributed by atoms with E-state index in [1.54, 1.807) is 0 Å². The summed E-state index contributed by atoms with van der Waals surface area (Å²) in [7, 11) is 0. The molecule has 1 fully saturated rings. The second-order valence-corrected chi connectivity index (χ2v) is 5.53. The van der Waals surface area contributed by atoms with Gasteiger partial charge < -0.3 is 10.0 Å². The van der Waals surface area contributed by atoms with Gasteiger partial charge in [-0.25, -0.2) is 9.97 Å². The van der Waals surface area contributed by atoms with Gasteiger partial charge in [-0.15, -0.1) is 0 Å². The monoisotopic (exact) mass is 269 g/mol. The van der Waals surface area contributed by atoms with Crippen molar-refractivity contribution >= 4 is 17.4 Å². The van der Waals surface area contributed by atoms with Crippen LogP contribution in [0.5, 0.6) is 0 Å². The summed E-state index contributed by atoms with van der Waals surface area (Å²) in [6.45, 7) is 6.36. The summed E-state index contributed by atoms with van der Waals surface area (Å²) in [6, 6.07) is 0. The van der Waals surface area contributed by atoms with Crippen LogP contribution in [0.3, 0.4) is 0 Å². The Kier molecular flexibility index (Phi) is 4.40. The van der Waals surface area contributed by atoms with E-state index in [1.165, 1.54) is 6.33 Å². The van der Waals surface area contributed by atoms with Crippen molar-refractivity contribution in [2.45, 2.75) is 32.6 Å². The minimum Gasteiger partial charge on any atom is -0.396 e. The second kappa shape index (κ2) is 5.85. The topological polar surface area (TPSA) is 49.2 Å². The van der Waals surface area contributed by atoms with E-state index in [1.807, 2.05) is 0 Å². The zero-order chi connectivity index (χ0) is 13.1. The van der Waals surface area contributed by atoms with Crippen molar-refractivity contribution in [2.75, 3.05) is 24.6 Å². The van der Waals surface area contributed by atoms with Gasteiger partial charge in [0.1, 0.15) is 17.3 Å². The molecule has 1 N–H and O–H groups in total. The predicted molar refractivity (Wildman–Crippen MR) is 73.2 cm³/mol. The third kappa shape index (κ3) is 2.75. The zero-order valence-corrected chi connectivity index (χ0v) is 11.7. The molecule has 0 atom stereocenters. The molecule has 0 radical (unpaired) electrons. The first-order valence-electron chi connectivity index (χ1n) is 6.49. The molecule has 18 heavy (non-hydrogen) atoms. The molecule has 1 aliphatic rings. The predicted octanol–water partition coefficient (Wildman–Crippen LogP) is 2.46. The fourth-order valence-electron chi connectivity index (χ4n) is 2.44. The molecule has 0 bridgehead atoms. The number of hydrogen-bond donors (Lipinski definition) is 1. The van der Waals surface area contributed by atoms with Crippen molar-refractivity contribution < 1.29 is 5.11 Å². The first-order valence-corrected chi connectivity index (χ1v) is 6.87. The highest BCUT2D eigenvalue weighted by Crippen LogP contribution is 2.32. The van der Waals surface area contributed by atoms with Crippen LogP contribution in [0.4, 0.5) is 5.82 Å². The quantitative estimate of drug-likeness (QED) is 0.857. The van der Waals surface area contributed by atoms with Gasteiger partial charge in [-0.2, -0.15) is 0 Å². The molecule has 1 aromatic rings. The molecular formula is C13H20ClN3O. The van der Waals surface area contributed by atoms with Gasteiger partial charge in [0.05, 0.1) is 0 Å². The number of rotatable bonds is 3. The molecule has 0 aliphatic carbocycles. The van der Waals surface area contributed by atoms with E-state index in [-0.39, 0.29) is 6.61 Å². The van der Waals surface area contributed by atoms with E-state index in [0.717, 1.165) is 37.3 Å². The number of aliphatic hydroxyl groups is 1. The Bertz CT molecular complexity index is 403. The highest BCUT2D eigenvalue weighted by atomic mass is 35.5. The second-order valence-electron chi connectivity index (χ2n) is 5.17. The average molecular weight is 270 g/mol. The average Bonchev–Trinajstić information content (AvgIpc) is 2.38. The Hall–Kier alpha value is -0.870. The lowest BCUT2D eigenvalue weighted by Crippen LogP contribution is -2.36. The van der Waals surface area contributed by atoms with Crippen LogP contribution in [0.2, 0.25) is 5.15 Å². The number of aliphatic hydroxyl groups excluding tert-OH is 1. The van der Waals surface area contributed by atoms with Gasteiger partial charge in [0, 0.05) is 25.3 Å². The van der Waals surface area contributed by atoms with E-state index < -0.39 is 0 Å². The van der Waals surface area contributed by atoms with E-state index in [4.69, 9.17) is 16.7 Å². The lowest BCUT2D eigenvalue weighted by Gasteiger charge is -2.33. The van der Waals surface area contributed by atoms with E-state index in [9.17, 15) is 0 Å². The van der Waals surface area contributed by atoms with E-state index >= 15 is 0 Å². The molecule has 0 saturated carbocycles. The van der Waals surface area contributed by atoms with Crippen molar-refractivity contribution in [1.29, 1.82) is 0 Å². The van der Waals surface area contributed by atoms with Crippen molar-refractivity contribution in [3.8, 4) is 0 Å². The van der Waals surface area contributed by atoms with Crippen molar-refractivity contribution in [2.24, 2.45) is 5.92 Å². The smallest absolute Gasteiger partial charge is 0.138 e. The Labute approximate surface area is 113 Å². The summed E-state index contributed by atoms with van der Waals surface area (Å²) < 4.78 is 0. The molecule has 2 rings (SSSR count). The van der Waals surface area contributed by atoms with E-state index in [2.05, 4.69) is 28.7 Å². The molecule has 0 spiro atoms. The van der Waals surface area contributed by atoms with Crippen molar-refractivity contribution in [3.63, 3.8) is 0 Å². The largest absolute Gasteiger partial charge is 0.396 e. The first kappa shape index (κ1) is 13.6. The van der Waals surface area contributed by atoms with Crippen LogP contribution in [0.25, 0.3) is 0 Å². The minimum atomic E-state index is 0.287. The molecule has 0 amide bonds. The molecule has 2 heterocycles. The highest BCUT2D eigenvalue weighted by Gasteiger charge is 2.23. The third-order valence-corrected chi connectivity index (χ3v) is 3.87. The van der Waals surface area contributed by atoms with E-state index in [0.29, 0.717) is 17.0 Å². The SMILES string of the molecule is CC(C)c1c(Cl)ncnc1N1CCC(CO)CC1. The summed E-state index contributed by atoms with van der Waals surface area (Å²) in [6.07, 6.45) is 3.55. The maximum absolute atomic E-state index is 9.17. The van der Waals surface area contributed by atoms with Crippen molar-refractivity contribution in [1.82, 2.24) is 9.97 Å². The summed E-state index contributed by atoms with van der Waals surface area (Å²) >= 11 is 6.18. The van der Waals surface area contributed by atoms with Crippen LogP contribution in [0, 0.1) is 5.92 Å². The fraction of sp³-hybridized carbons (Fsp3) is 0.692. The maximum Gasteiger partial charge on any atom is 0.138 e. The fourth-order valence-corrected chi connectivity index (χ4v) is 2.79. The summed E-state index contributed by atoms with van der Waals surface area (Å²) in [5.74, 6) is 1.70. The van der Waals surface area contributed by atoms with Crippen molar-refractivity contribution in [3.05, 3.63) is 17.0 Å². The van der Waals surface area contributed by atoms with Gasteiger partial charge in [0.15, 0.2) is 0 Å². The highest BCUT2D eigenvalue weighted by molar-refractivity contribution is 6.30. The van der Waals surface area contributed by atoms with Crippen LogP contribution < -0.4 is 4.90 Å². The van der Waals surface area contributed by atoms with Crippen LogP contribution in [0.15, 0.2) is 6.33 Å². The molecule has 0 unspecified atom stereocenters. The Morgan fingerprint density at radius 1 is 1.39 bits per heavy atom. The summed E-state index contributed by atoms with van der Waals surface area (Å²) in [4.78, 5) is 10.7. The van der Waals surface area contributed by atoms with Crippen LogP contribution in [-0.2, 0) is 0 Å². The van der Waals surface area contributed by atoms with Crippen LogP contribution >= 0.6 is 11.6 Å².